The Kier molecular flexibility index (Phi) is 3.43. The summed E-state index contributed by atoms with van der Waals surface area (Å²) in [6, 6.07) is 4.32. The van der Waals surface area contributed by atoms with E-state index in [0.29, 0.717) is 6.29 Å². The summed E-state index contributed by atoms with van der Waals surface area (Å²) in [5, 5.41) is 10.8. The second-order valence-electron chi connectivity index (χ2n) is 4.28. The van der Waals surface area contributed by atoms with Gasteiger partial charge in [-0.2, -0.15) is 0 Å². The minimum atomic E-state index is -1.99. The number of carbonyl (C=O) groups excluding carboxylic acids is 1. The molecule has 1 rings (SSSR count). The summed E-state index contributed by atoms with van der Waals surface area (Å²) >= 11 is 0. The zero-order valence-electron chi connectivity index (χ0n) is 9.39. The summed E-state index contributed by atoms with van der Waals surface area (Å²) in [4.78, 5) is 21.1. The predicted octanol–water partition coefficient (Wildman–Crippen LogP) is 2.62. The van der Waals surface area contributed by atoms with Crippen LogP contribution >= 0.6 is 0 Å². The zero-order chi connectivity index (χ0) is 12.3. The van der Waals surface area contributed by atoms with E-state index in [2.05, 4.69) is 0 Å². The van der Waals surface area contributed by atoms with Crippen LogP contribution in [0.15, 0.2) is 18.2 Å². The van der Waals surface area contributed by atoms with E-state index in [9.17, 15) is 14.9 Å². The Bertz CT molecular complexity index is 425. The molecule has 0 N–H and O–H groups in total. The lowest BCUT2D eigenvalue weighted by Gasteiger charge is -2.19. The van der Waals surface area contributed by atoms with E-state index >= 15 is 0 Å². The van der Waals surface area contributed by atoms with Gasteiger partial charge in [-0.25, -0.2) is 0 Å². The second kappa shape index (κ2) is 4.44. The minimum absolute atomic E-state index is 0.0849. The van der Waals surface area contributed by atoms with Gasteiger partial charge in [0.15, 0.2) is 12.0 Å². The van der Waals surface area contributed by atoms with E-state index in [-0.39, 0.29) is 17.0 Å². The predicted molar refractivity (Wildman–Crippen MR) is 62.5 cm³/mol. The molecule has 0 bridgehead atoms. The van der Waals surface area contributed by atoms with Crippen molar-refractivity contribution < 1.29 is 14.1 Å². The van der Waals surface area contributed by atoms with Crippen LogP contribution in [0, 0.1) is 10.1 Å². The Morgan fingerprint density at radius 3 is 2.44 bits per heavy atom. The third-order valence-corrected chi connectivity index (χ3v) is 2.57. The molecule has 0 spiro atoms. The SMILES string of the molecule is C[Si](C)(C)Oc1c(C=O)cccc1[N+](=O)[O-]. The first-order chi connectivity index (χ1) is 7.35. The number of nitrogens with zero attached hydrogens (tertiary/aromatic N) is 1. The summed E-state index contributed by atoms with van der Waals surface area (Å²) in [5.74, 6) is 0.0849. The molecule has 0 aliphatic rings. The molecule has 0 heterocycles. The van der Waals surface area contributed by atoms with Gasteiger partial charge in [0, 0.05) is 6.07 Å². The molecule has 5 nitrogen and oxygen atoms in total. The number of carbonyl (C=O) groups is 1. The minimum Gasteiger partial charge on any atom is -0.539 e. The van der Waals surface area contributed by atoms with Crippen LogP contribution in [0.4, 0.5) is 5.69 Å². The molecule has 0 atom stereocenters. The molecular weight excluding hydrogens is 226 g/mol. The van der Waals surface area contributed by atoms with Gasteiger partial charge in [-0.15, -0.1) is 0 Å². The largest absolute Gasteiger partial charge is 0.539 e. The maximum atomic E-state index is 10.8. The fraction of sp³-hybridized carbons (Fsp3) is 0.300. The lowest BCUT2D eigenvalue weighted by Crippen LogP contribution is -2.30. The van der Waals surface area contributed by atoms with Crippen molar-refractivity contribution >= 4 is 20.3 Å². The average molecular weight is 239 g/mol. The maximum Gasteiger partial charge on any atom is 0.310 e. The molecule has 0 saturated heterocycles. The van der Waals surface area contributed by atoms with E-state index in [1.807, 2.05) is 19.6 Å². The van der Waals surface area contributed by atoms with E-state index in [1.54, 1.807) is 0 Å². The molecule has 1 aromatic carbocycles. The summed E-state index contributed by atoms with van der Waals surface area (Å²) in [7, 11) is -1.99. The van der Waals surface area contributed by atoms with Crippen LogP contribution in [-0.2, 0) is 0 Å². The van der Waals surface area contributed by atoms with Gasteiger partial charge in [-0.1, -0.05) is 6.07 Å². The Morgan fingerprint density at radius 1 is 1.38 bits per heavy atom. The van der Waals surface area contributed by atoms with Crippen molar-refractivity contribution in [3.63, 3.8) is 0 Å². The highest BCUT2D eigenvalue weighted by molar-refractivity contribution is 6.70. The number of hydrogen-bond donors (Lipinski definition) is 0. The van der Waals surface area contributed by atoms with Crippen LogP contribution in [0.1, 0.15) is 10.4 Å². The first kappa shape index (κ1) is 12.4. The lowest BCUT2D eigenvalue weighted by molar-refractivity contribution is -0.385. The highest BCUT2D eigenvalue weighted by Crippen LogP contribution is 2.31. The Balaban J connectivity index is 3.30. The number of para-hydroxylation sites is 1. The van der Waals surface area contributed by atoms with Crippen molar-refractivity contribution in [2.24, 2.45) is 0 Å². The fourth-order valence-corrected chi connectivity index (χ4v) is 2.03. The quantitative estimate of drug-likeness (QED) is 0.350. The normalized spacial score (nSPS) is 10.9. The number of rotatable bonds is 4. The molecule has 16 heavy (non-hydrogen) atoms. The van der Waals surface area contributed by atoms with Gasteiger partial charge in [0.05, 0.1) is 10.5 Å². The molecule has 0 radical (unpaired) electrons. The van der Waals surface area contributed by atoms with Crippen molar-refractivity contribution in [3.05, 3.63) is 33.9 Å². The molecule has 0 fully saturated rings. The van der Waals surface area contributed by atoms with Gasteiger partial charge in [-0.05, 0) is 25.7 Å². The summed E-state index contributed by atoms with van der Waals surface area (Å²) in [6.07, 6.45) is 0.572. The average Bonchev–Trinajstić information content (AvgIpc) is 2.15. The Labute approximate surface area is 94.3 Å². The molecule has 86 valence electrons. The van der Waals surface area contributed by atoms with Crippen molar-refractivity contribution in [2.75, 3.05) is 0 Å². The Hall–Kier alpha value is -1.69. The van der Waals surface area contributed by atoms with Gasteiger partial charge in [-0.3, -0.25) is 14.9 Å². The van der Waals surface area contributed by atoms with Crippen LogP contribution in [0.5, 0.6) is 5.75 Å². The first-order valence-electron chi connectivity index (χ1n) is 4.77. The van der Waals surface area contributed by atoms with Crippen molar-refractivity contribution in [1.29, 1.82) is 0 Å². The summed E-state index contributed by atoms with van der Waals surface area (Å²) in [5.41, 5.74) is 0.0589. The molecule has 0 aliphatic heterocycles. The third-order valence-electron chi connectivity index (χ3n) is 1.76. The van der Waals surface area contributed by atoms with E-state index in [0.717, 1.165) is 0 Å². The van der Waals surface area contributed by atoms with Gasteiger partial charge < -0.3 is 4.43 Å². The van der Waals surface area contributed by atoms with E-state index in [1.165, 1.54) is 18.2 Å². The summed E-state index contributed by atoms with van der Waals surface area (Å²) in [6.45, 7) is 5.70. The molecule has 0 amide bonds. The van der Waals surface area contributed by atoms with Crippen molar-refractivity contribution in [1.82, 2.24) is 0 Å². The van der Waals surface area contributed by atoms with Crippen molar-refractivity contribution in [3.8, 4) is 5.75 Å². The molecule has 1 aromatic rings. The van der Waals surface area contributed by atoms with Crippen LogP contribution in [-0.4, -0.2) is 19.5 Å². The van der Waals surface area contributed by atoms with Crippen LogP contribution in [0.2, 0.25) is 19.6 Å². The number of aldehydes is 1. The number of nitro groups is 1. The lowest BCUT2D eigenvalue weighted by atomic mass is 10.2. The zero-order valence-corrected chi connectivity index (χ0v) is 10.4. The summed E-state index contributed by atoms with van der Waals surface area (Å²) < 4.78 is 5.58. The number of hydrogen-bond acceptors (Lipinski definition) is 4. The molecule has 0 unspecified atom stereocenters. The van der Waals surface area contributed by atoms with Crippen LogP contribution < -0.4 is 4.43 Å². The highest BCUT2D eigenvalue weighted by Gasteiger charge is 2.25. The van der Waals surface area contributed by atoms with Crippen LogP contribution in [0.25, 0.3) is 0 Å². The Morgan fingerprint density at radius 2 is 2.00 bits per heavy atom. The number of benzene rings is 1. The molecular formula is C10H13NO4Si. The molecule has 6 heteroatoms. The standard InChI is InChI=1S/C10H13NO4Si/c1-16(2,3)15-10-8(7-12)5-4-6-9(10)11(13)14/h4-7H,1-3H3. The van der Waals surface area contributed by atoms with Gasteiger partial charge in [0.25, 0.3) is 0 Å². The molecule has 0 aliphatic carbocycles. The number of nitro benzene ring substituents is 1. The smallest absolute Gasteiger partial charge is 0.310 e. The topological polar surface area (TPSA) is 69.4 Å². The maximum absolute atomic E-state index is 10.8. The molecule has 0 saturated carbocycles. The fourth-order valence-electron chi connectivity index (χ4n) is 1.20. The van der Waals surface area contributed by atoms with Gasteiger partial charge in [0.1, 0.15) is 0 Å². The second-order valence-corrected chi connectivity index (χ2v) is 8.71. The highest BCUT2D eigenvalue weighted by atomic mass is 28.4. The van der Waals surface area contributed by atoms with Gasteiger partial charge in [0.2, 0.25) is 8.32 Å². The molecule has 0 aromatic heterocycles. The van der Waals surface area contributed by atoms with Gasteiger partial charge >= 0.3 is 5.69 Å². The first-order valence-corrected chi connectivity index (χ1v) is 8.17. The van der Waals surface area contributed by atoms with E-state index in [4.69, 9.17) is 4.43 Å². The van der Waals surface area contributed by atoms with E-state index < -0.39 is 13.2 Å². The third kappa shape index (κ3) is 2.90. The monoisotopic (exact) mass is 239 g/mol. The van der Waals surface area contributed by atoms with Crippen LogP contribution in [0.3, 0.4) is 0 Å². The van der Waals surface area contributed by atoms with Crippen molar-refractivity contribution in [2.45, 2.75) is 19.6 Å².